The fourth-order valence-electron chi connectivity index (χ4n) is 3.81. The van der Waals surface area contributed by atoms with Crippen LogP contribution in [0.25, 0.3) is 11.1 Å². The van der Waals surface area contributed by atoms with Gasteiger partial charge in [-0.25, -0.2) is 4.79 Å². The number of amides is 1. The van der Waals surface area contributed by atoms with Crippen molar-refractivity contribution in [2.75, 3.05) is 31.1 Å². The number of rotatable bonds is 6. The molecule has 0 spiro atoms. The zero-order valence-corrected chi connectivity index (χ0v) is 17.5. The minimum Gasteiger partial charge on any atom is -0.407 e. The van der Waals surface area contributed by atoms with Crippen molar-refractivity contribution >= 4 is 40.0 Å². The average molecular weight is 445 g/mol. The van der Waals surface area contributed by atoms with Gasteiger partial charge in [-0.15, -0.1) is 0 Å². The van der Waals surface area contributed by atoms with Crippen LogP contribution in [0, 0.1) is 10.1 Å². The van der Waals surface area contributed by atoms with E-state index in [-0.39, 0.29) is 17.2 Å². The molecule has 1 aliphatic rings. The summed E-state index contributed by atoms with van der Waals surface area (Å²) in [6, 6.07) is 11.7. The largest absolute Gasteiger partial charge is 0.419 e. The first-order valence-corrected chi connectivity index (χ1v) is 10.4. The van der Waals surface area contributed by atoms with E-state index in [9.17, 15) is 19.7 Å². The number of oxazole rings is 1. The molecule has 2 heterocycles. The maximum absolute atomic E-state index is 12.6. The van der Waals surface area contributed by atoms with Gasteiger partial charge in [-0.3, -0.25) is 19.5 Å². The molecule has 0 radical (unpaired) electrons. The number of piperazine rings is 1. The minimum atomic E-state index is -0.585. The fourth-order valence-corrected chi connectivity index (χ4v) is 4.00. The monoisotopic (exact) mass is 444 g/mol. The van der Waals surface area contributed by atoms with Crippen molar-refractivity contribution in [3.8, 4) is 0 Å². The molecule has 31 heavy (non-hydrogen) atoms. The van der Waals surface area contributed by atoms with Gasteiger partial charge in [-0.2, -0.15) is 0 Å². The molecule has 0 aliphatic carbocycles. The first-order valence-electron chi connectivity index (χ1n) is 9.98. The highest BCUT2D eigenvalue weighted by atomic mass is 35.5. The van der Waals surface area contributed by atoms with Gasteiger partial charge >= 0.3 is 5.76 Å². The Labute approximate surface area is 182 Å². The van der Waals surface area contributed by atoms with Crippen LogP contribution in [0.5, 0.6) is 0 Å². The standard InChI is InChI=1S/C21H21ClN4O5/c22-15-3-1-4-16(13-15)23-9-11-24(12-10-23)20(27)5-2-8-25-18-7-6-17(26(29)30)14-19(18)31-21(25)28/h1,3-4,6-7,13-14H,2,5,8-12H2. The maximum Gasteiger partial charge on any atom is 0.419 e. The number of hydrogen-bond donors (Lipinski definition) is 0. The first kappa shape index (κ1) is 20.9. The third-order valence-corrected chi connectivity index (χ3v) is 5.68. The number of hydrogen-bond acceptors (Lipinski definition) is 6. The lowest BCUT2D eigenvalue weighted by Crippen LogP contribution is -2.48. The Bertz CT molecular complexity index is 1180. The number of non-ortho nitro benzene ring substituents is 1. The molecule has 0 bridgehead atoms. The second kappa shape index (κ2) is 8.81. The summed E-state index contributed by atoms with van der Waals surface area (Å²) in [5.41, 5.74) is 1.56. The number of benzene rings is 2. The third kappa shape index (κ3) is 4.56. The summed E-state index contributed by atoms with van der Waals surface area (Å²) < 4.78 is 6.52. The summed E-state index contributed by atoms with van der Waals surface area (Å²) >= 11 is 6.06. The van der Waals surface area contributed by atoms with Gasteiger partial charge in [0.15, 0.2) is 5.58 Å². The summed E-state index contributed by atoms with van der Waals surface area (Å²) in [5.74, 6) is -0.541. The van der Waals surface area contributed by atoms with Crippen molar-refractivity contribution in [3.05, 3.63) is 68.2 Å². The second-order valence-corrected chi connectivity index (χ2v) is 7.82. The summed E-state index contributed by atoms with van der Waals surface area (Å²) in [4.78, 5) is 39.1. The van der Waals surface area contributed by atoms with E-state index in [1.807, 2.05) is 29.2 Å². The molecule has 1 aromatic heterocycles. The number of aryl methyl sites for hydroxylation is 1. The molecular weight excluding hydrogens is 424 g/mol. The number of fused-ring (bicyclic) bond motifs is 1. The van der Waals surface area contributed by atoms with Crippen LogP contribution in [-0.4, -0.2) is 46.5 Å². The Balaban J connectivity index is 1.31. The van der Waals surface area contributed by atoms with Crippen LogP contribution in [0.15, 0.2) is 51.7 Å². The summed E-state index contributed by atoms with van der Waals surface area (Å²) in [5, 5.41) is 11.6. The highest BCUT2D eigenvalue weighted by Crippen LogP contribution is 2.22. The molecule has 162 valence electrons. The van der Waals surface area contributed by atoms with Crippen LogP contribution in [0.3, 0.4) is 0 Å². The number of nitrogens with zero attached hydrogens (tertiary/aromatic N) is 4. The van der Waals surface area contributed by atoms with Gasteiger partial charge in [0.25, 0.3) is 5.69 Å². The van der Waals surface area contributed by atoms with E-state index >= 15 is 0 Å². The van der Waals surface area contributed by atoms with Gasteiger partial charge in [-0.1, -0.05) is 17.7 Å². The molecule has 1 saturated heterocycles. The highest BCUT2D eigenvalue weighted by molar-refractivity contribution is 6.30. The van der Waals surface area contributed by atoms with E-state index in [1.54, 1.807) is 0 Å². The molecule has 9 nitrogen and oxygen atoms in total. The van der Waals surface area contributed by atoms with Crippen molar-refractivity contribution in [1.29, 1.82) is 0 Å². The highest BCUT2D eigenvalue weighted by Gasteiger charge is 2.21. The summed E-state index contributed by atoms with van der Waals surface area (Å²) in [7, 11) is 0. The number of halogens is 1. The number of anilines is 1. The summed E-state index contributed by atoms with van der Waals surface area (Å²) in [6.07, 6.45) is 0.780. The van der Waals surface area contributed by atoms with Crippen molar-refractivity contribution in [2.45, 2.75) is 19.4 Å². The Morgan fingerprint density at radius 3 is 2.61 bits per heavy atom. The zero-order valence-electron chi connectivity index (χ0n) is 16.7. The molecule has 4 rings (SSSR count). The molecule has 0 unspecified atom stereocenters. The number of nitro benzene ring substituents is 1. The van der Waals surface area contributed by atoms with E-state index in [4.69, 9.17) is 16.0 Å². The molecule has 1 fully saturated rings. The van der Waals surface area contributed by atoms with Gasteiger partial charge in [0.05, 0.1) is 16.5 Å². The van der Waals surface area contributed by atoms with Crippen LogP contribution in [-0.2, 0) is 11.3 Å². The molecule has 0 atom stereocenters. The molecule has 0 saturated carbocycles. The smallest absolute Gasteiger partial charge is 0.407 e. The van der Waals surface area contributed by atoms with Crippen LogP contribution in [0.1, 0.15) is 12.8 Å². The van der Waals surface area contributed by atoms with Crippen LogP contribution in [0.4, 0.5) is 11.4 Å². The number of carbonyl (C=O) groups is 1. The first-order chi connectivity index (χ1) is 14.9. The van der Waals surface area contributed by atoms with E-state index in [0.717, 1.165) is 18.8 Å². The molecule has 3 aromatic rings. The normalized spacial score (nSPS) is 14.2. The number of nitro groups is 1. The fraction of sp³-hybridized carbons (Fsp3) is 0.333. The quantitative estimate of drug-likeness (QED) is 0.427. The van der Waals surface area contributed by atoms with Crippen molar-refractivity contribution < 1.29 is 14.1 Å². The molecule has 2 aromatic carbocycles. The Morgan fingerprint density at radius 1 is 1.13 bits per heavy atom. The summed E-state index contributed by atoms with van der Waals surface area (Å²) in [6.45, 7) is 3.03. The lowest BCUT2D eigenvalue weighted by Gasteiger charge is -2.36. The van der Waals surface area contributed by atoms with Crippen molar-refractivity contribution in [3.63, 3.8) is 0 Å². The van der Waals surface area contributed by atoms with Gasteiger partial charge < -0.3 is 14.2 Å². The topological polar surface area (TPSA) is 102 Å². The SMILES string of the molecule is O=C(CCCn1c(=O)oc2cc([N+](=O)[O-])ccc21)N1CCN(c2cccc(Cl)c2)CC1. The maximum atomic E-state index is 12.6. The lowest BCUT2D eigenvalue weighted by atomic mass is 10.2. The molecule has 10 heteroatoms. The Kier molecular flexibility index (Phi) is 5.94. The van der Waals surface area contributed by atoms with Gasteiger partial charge in [0.2, 0.25) is 5.91 Å². The van der Waals surface area contributed by atoms with Gasteiger partial charge in [0.1, 0.15) is 0 Å². The number of carbonyl (C=O) groups excluding carboxylic acids is 1. The lowest BCUT2D eigenvalue weighted by molar-refractivity contribution is -0.384. The van der Waals surface area contributed by atoms with E-state index < -0.39 is 10.7 Å². The third-order valence-electron chi connectivity index (χ3n) is 5.44. The Morgan fingerprint density at radius 2 is 1.90 bits per heavy atom. The number of aromatic nitrogens is 1. The van der Waals surface area contributed by atoms with Crippen molar-refractivity contribution in [2.24, 2.45) is 0 Å². The molecule has 0 N–H and O–H groups in total. The van der Waals surface area contributed by atoms with E-state index in [1.165, 1.54) is 22.8 Å². The van der Waals surface area contributed by atoms with E-state index in [0.29, 0.717) is 43.0 Å². The average Bonchev–Trinajstić information content (AvgIpc) is 3.08. The molecule has 1 amide bonds. The van der Waals surface area contributed by atoms with Crippen LogP contribution >= 0.6 is 11.6 Å². The van der Waals surface area contributed by atoms with Crippen LogP contribution < -0.4 is 10.7 Å². The predicted molar refractivity (Wildman–Crippen MR) is 117 cm³/mol. The van der Waals surface area contributed by atoms with Gasteiger partial charge in [-0.05, 0) is 30.7 Å². The second-order valence-electron chi connectivity index (χ2n) is 7.38. The van der Waals surface area contributed by atoms with E-state index in [2.05, 4.69) is 4.90 Å². The van der Waals surface area contributed by atoms with Crippen LogP contribution in [0.2, 0.25) is 5.02 Å². The van der Waals surface area contributed by atoms with Gasteiger partial charge in [0, 0.05) is 55.9 Å². The minimum absolute atomic E-state index is 0.0437. The van der Waals surface area contributed by atoms with Crippen molar-refractivity contribution in [1.82, 2.24) is 9.47 Å². The molecular formula is C21H21ClN4O5. The molecule has 1 aliphatic heterocycles. The zero-order chi connectivity index (χ0) is 22.0. The predicted octanol–water partition coefficient (Wildman–Crippen LogP) is 3.29. The Hall–Kier alpha value is -3.33.